The normalized spacial score (nSPS) is 19.0. The molecule has 1 N–H and O–H groups in total. The zero-order chi connectivity index (χ0) is 12.7. The van der Waals surface area contributed by atoms with E-state index in [0.717, 1.165) is 25.4 Å². The Bertz CT molecular complexity index is 255. The lowest BCUT2D eigenvalue weighted by molar-refractivity contribution is 0.245. The molecule has 3 nitrogen and oxygen atoms in total. The number of nitrogens with one attached hydrogen (secondary N) is 1. The minimum atomic E-state index is -0.347. The lowest BCUT2D eigenvalue weighted by atomic mass is 9.98. The maximum Gasteiger partial charge on any atom is 0.103 e. The fourth-order valence-corrected chi connectivity index (χ4v) is 2.15. The van der Waals surface area contributed by atoms with Gasteiger partial charge < -0.3 is 10.2 Å². The van der Waals surface area contributed by atoms with Crippen molar-refractivity contribution in [3.05, 3.63) is 0 Å². The molecule has 3 heteroatoms. The summed E-state index contributed by atoms with van der Waals surface area (Å²) in [5.74, 6) is 0. The average molecular weight is 237 g/mol. The van der Waals surface area contributed by atoms with E-state index in [-0.39, 0.29) is 5.54 Å². The zero-order valence-corrected chi connectivity index (χ0v) is 11.6. The van der Waals surface area contributed by atoms with Crippen molar-refractivity contribution in [3.63, 3.8) is 0 Å². The lowest BCUT2D eigenvalue weighted by Gasteiger charge is -2.25. The SMILES string of the molecule is CCCCN(CCCC(C)(C#N)NC)C1CC1. The van der Waals surface area contributed by atoms with Gasteiger partial charge >= 0.3 is 0 Å². The molecule has 0 aliphatic heterocycles. The first-order valence-corrected chi connectivity index (χ1v) is 6.99. The van der Waals surface area contributed by atoms with Crippen LogP contribution in [0.3, 0.4) is 0 Å². The van der Waals surface area contributed by atoms with Crippen LogP contribution in [-0.2, 0) is 0 Å². The average Bonchev–Trinajstić information content (AvgIpc) is 3.17. The van der Waals surface area contributed by atoms with Crippen molar-refractivity contribution in [2.45, 2.75) is 64.0 Å². The van der Waals surface area contributed by atoms with Crippen molar-refractivity contribution < 1.29 is 0 Å². The Morgan fingerprint density at radius 2 is 2.00 bits per heavy atom. The fraction of sp³-hybridized carbons (Fsp3) is 0.929. The van der Waals surface area contributed by atoms with Crippen LogP contribution in [0.15, 0.2) is 0 Å². The highest BCUT2D eigenvalue weighted by molar-refractivity contribution is 5.02. The van der Waals surface area contributed by atoms with Gasteiger partial charge in [0.1, 0.15) is 5.54 Å². The minimum Gasteiger partial charge on any atom is -0.303 e. The molecule has 1 aliphatic rings. The van der Waals surface area contributed by atoms with Crippen LogP contribution < -0.4 is 5.32 Å². The first kappa shape index (κ1) is 14.5. The van der Waals surface area contributed by atoms with Gasteiger partial charge in [0.15, 0.2) is 0 Å². The molecule has 0 amide bonds. The quantitative estimate of drug-likeness (QED) is 0.670. The first-order chi connectivity index (χ1) is 8.15. The molecule has 0 heterocycles. The van der Waals surface area contributed by atoms with E-state index < -0.39 is 0 Å². The molecule has 0 bridgehead atoms. The summed E-state index contributed by atoms with van der Waals surface area (Å²) in [6, 6.07) is 3.21. The van der Waals surface area contributed by atoms with Gasteiger partial charge in [0.25, 0.3) is 0 Å². The molecule has 98 valence electrons. The van der Waals surface area contributed by atoms with Gasteiger partial charge in [0.05, 0.1) is 6.07 Å². The summed E-state index contributed by atoms with van der Waals surface area (Å²) in [7, 11) is 1.87. The van der Waals surface area contributed by atoms with E-state index >= 15 is 0 Å². The van der Waals surface area contributed by atoms with Gasteiger partial charge in [-0.15, -0.1) is 0 Å². The van der Waals surface area contributed by atoms with Crippen LogP contribution in [0.25, 0.3) is 0 Å². The topological polar surface area (TPSA) is 39.1 Å². The van der Waals surface area contributed by atoms with Gasteiger partial charge in [0, 0.05) is 6.04 Å². The van der Waals surface area contributed by atoms with Gasteiger partial charge in [-0.2, -0.15) is 5.26 Å². The Balaban J connectivity index is 2.25. The largest absolute Gasteiger partial charge is 0.303 e. The van der Waals surface area contributed by atoms with E-state index in [0.29, 0.717) is 0 Å². The van der Waals surface area contributed by atoms with Crippen molar-refractivity contribution in [1.29, 1.82) is 5.26 Å². The number of unbranched alkanes of at least 4 members (excludes halogenated alkanes) is 1. The molecule has 0 aromatic heterocycles. The zero-order valence-electron chi connectivity index (χ0n) is 11.6. The predicted molar refractivity (Wildman–Crippen MR) is 71.8 cm³/mol. The molecule has 0 aromatic rings. The highest BCUT2D eigenvalue weighted by atomic mass is 15.2. The van der Waals surface area contributed by atoms with Gasteiger partial charge in [-0.05, 0) is 59.2 Å². The van der Waals surface area contributed by atoms with Crippen LogP contribution in [0, 0.1) is 11.3 Å². The fourth-order valence-electron chi connectivity index (χ4n) is 2.15. The van der Waals surface area contributed by atoms with Crippen molar-refractivity contribution >= 4 is 0 Å². The summed E-state index contributed by atoms with van der Waals surface area (Å²) in [6.45, 7) is 6.63. The van der Waals surface area contributed by atoms with E-state index in [4.69, 9.17) is 5.26 Å². The van der Waals surface area contributed by atoms with Crippen LogP contribution in [0.4, 0.5) is 0 Å². The third-order valence-corrected chi connectivity index (χ3v) is 3.78. The summed E-state index contributed by atoms with van der Waals surface area (Å²) in [5, 5.41) is 12.2. The third-order valence-electron chi connectivity index (χ3n) is 3.78. The monoisotopic (exact) mass is 237 g/mol. The first-order valence-electron chi connectivity index (χ1n) is 6.99. The minimum absolute atomic E-state index is 0.347. The lowest BCUT2D eigenvalue weighted by Crippen LogP contribution is -2.39. The molecule has 0 radical (unpaired) electrons. The van der Waals surface area contributed by atoms with E-state index in [1.807, 2.05) is 14.0 Å². The molecule has 1 fully saturated rings. The Kier molecular flexibility index (Phi) is 5.94. The summed E-state index contributed by atoms with van der Waals surface area (Å²) in [6.07, 6.45) is 7.39. The van der Waals surface area contributed by atoms with E-state index in [9.17, 15) is 0 Å². The summed E-state index contributed by atoms with van der Waals surface area (Å²) < 4.78 is 0. The van der Waals surface area contributed by atoms with Gasteiger partial charge in [-0.1, -0.05) is 13.3 Å². The molecular formula is C14H27N3. The van der Waals surface area contributed by atoms with Crippen LogP contribution in [-0.4, -0.2) is 36.6 Å². The highest BCUT2D eigenvalue weighted by Gasteiger charge is 2.28. The van der Waals surface area contributed by atoms with E-state index in [2.05, 4.69) is 23.2 Å². The number of hydrogen-bond acceptors (Lipinski definition) is 3. The molecule has 1 unspecified atom stereocenters. The molecule has 1 rings (SSSR count). The molecule has 1 aliphatic carbocycles. The van der Waals surface area contributed by atoms with Crippen LogP contribution in [0.1, 0.15) is 52.4 Å². The van der Waals surface area contributed by atoms with E-state index in [1.165, 1.54) is 32.2 Å². The third kappa shape index (κ3) is 5.06. The number of rotatable bonds is 9. The second-order valence-electron chi connectivity index (χ2n) is 5.42. The molecule has 1 atom stereocenters. The van der Waals surface area contributed by atoms with Gasteiger partial charge in [-0.3, -0.25) is 0 Å². The molecule has 1 saturated carbocycles. The van der Waals surface area contributed by atoms with Gasteiger partial charge in [0.2, 0.25) is 0 Å². The van der Waals surface area contributed by atoms with Gasteiger partial charge in [-0.25, -0.2) is 0 Å². The second-order valence-corrected chi connectivity index (χ2v) is 5.42. The maximum atomic E-state index is 9.09. The molecule has 0 aromatic carbocycles. The van der Waals surface area contributed by atoms with Crippen molar-refractivity contribution in [1.82, 2.24) is 10.2 Å². The Hall–Kier alpha value is -0.590. The van der Waals surface area contributed by atoms with Crippen LogP contribution in [0.2, 0.25) is 0 Å². The summed E-state index contributed by atoms with van der Waals surface area (Å²) in [4.78, 5) is 2.62. The maximum absolute atomic E-state index is 9.09. The highest BCUT2D eigenvalue weighted by Crippen LogP contribution is 2.27. The Labute approximate surface area is 106 Å². The van der Waals surface area contributed by atoms with Crippen LogP contribution >= 0.6 is 0 Å². The Morgan fingerprint density at radius 3 is 2.47 bits per heavy atom. The van der Waals surface area contributed by atoms with Crippen molar-refractivity contribution in [3.8, 4) is 6.07 Å². The smallest absolute Gasteiger partial charge is 0.103 e. The van der Waals surface area contributed by atoms with Crippen LogP contribution in [0.5, 0.6) is 0 Å². The molecule has 17 heavy (non-hydrogen) atoms. The van der Waals surface area contributed by atoms with Crippen molar-refractivity contribution in [2.75, 3.05) is 20.1 Å². The second kappa shape index (κ2) is 6.98. The van der Waals surface area contributed by atoms with Crippen molar-refractivity contribution in [2.24, 2.45) is 0 Å². The summed E-state index contributed by atoms with van der Waals surface area (Å²) in [5.41, 5.74) is -0.347. The van der Waals surface area contributed by atoms with E-state index in [1.54, 1.807) is 0 Å². The molecule has 0 saturated heterocycles. The molecular weight excluding hydrogens is 210 g/mol. The number of nitriles is 1. The summed E-state index contributed by atoms with van der Waals surface area (Å²) >= 11 is 0. The standard InChI is InChI=1S/C14H27N3/c1-4-5-10-17(13-7-8-13)11-6-9-14(2,12-15)16-3/h13,16H,4-11H2,1-3H3. The number of hydrogen-bond donors (Lipinski definition) is 1. The number of nitrogens with zero attached hydrogens (tertiary/aromatic N) is 2. The molecule has 0 spiro atoms. The predicted octanol–water partition coefficient (Wildman–Crippen LogP) is 2.53. The Morgan fingerprint density at radius 1 is 1.35 bits per heavy atom.